The largest absolute Gasteiger partial charge is 0.302 e. The molecule has 2 nitrogen and oxygen atoms in total. The number of thioether (sulfide) groups is 1. The number of Topliss-reactive ketones (excluding diaryl/α,β-unsaturated/α-hetero) is 1. The highest BCUT2D eigenvalue weighted by molar-refractivity contribution is 7.99. The summed E-state index contributed by atoms with van der Waals surface area (Å²) < 4.78 is 0. The van der Waals surface area contributed by atoms with E-state index in [4.69, 9.17) is 0 Å². The van der Waals surface area contributed by atoms with Gasteiger partial charge in [-0.15, -0.1) is 0 Å². The van der Waals surface area contributed by atoms with Crippen LogP contribution in [0.15, 0.2) is 30.3 Å². The lowest BCUT2D eigenvalue weighted by atomic mass is 9.83. The molecule has 0 atom stereocenters. The van der Waals surface area contributed by atoms with Crippen molar-refractivity contribution in [2.45, 2.75) is 20.3 Å². The van der Waals surface area contributed by atoms with Crippen LogP contribution < -0.4 is 0 Å². The van der Waals surface area contributed by atoms with E-state index >= 15 is 0 Å². The Morgan fingerprint density at radius 3 is 2.68 bits per heavy atom. The van der Waals surface area contributed by atoms with Crippen LogP contribution in [0, 0.1) is 5.41 Å². The predicted molar refractivity (Wildman–Crippen MR) is 82.9 cm³/mol. The summed E-state index contributed by atoms with van der Waals surface area (Å²) in [7, 11) is 0. The normalized spacial score (nSPS) is 18.0. The van der Waals surface area contributed by atoms with Gasteiger partial charge < -0.3 is 4.90 Å². The smallest absolute Gasteiger partial charge is 0.169 e. The maximum absolute atomic E-state index is 12.6. The quantitative estimate of drug-likeness (QED) is 0.787. The van der Waals surface area contributed by atoms with Gasteiger partial charge >= 0.3 is 0 Å². The van der Waals surface area contributed by atoms with Crippen molar-refractivity contribution in [2.24, 2.45) is 5.41 Å². The first-order chi connectivity index (χ1) is 9.09. The molecule has 0 spiro atoms. The number of rotatable bonds is 4. The minimum atomic E-state index is -0.309. The number of carbonyl (C=O) groups excluding carboxylic acids is 1. The minimum Gasteiger partial charge on any atom is -0.302 e. The fourth-order valence-electron chi connectivity index (χ4n) is 2.57. The third-order valence-electron chi connectivity index (χ3n) is 3.58. The third kappa shape index (κ3) is 4.08. The predicted octanol–water partition coefficient (Wildman–Crippen LogP) is 3.33. The number of carbonyl (C=O) groups is 1. The van der Waals surface area contributed by atoms with Crippen LogP contribution in [0.5, 0.6) is 0 Å². The van der Waals surface area contributed by atoms with Gasteiger partial charge in [-0.25, -0.2) is 0 Å². The standard InChI is InChI=1S/C16H23NOS/c1-16(2,13-17-9-6-11-19-12-10-17)15(18)14-7-4-3-5-8-14/h3-5,7-8H,6,9-13H2,1-2H3. The van der Waals surface area contributed by atoms with Crippen molar-refractivity contribution in [2.75, 3.05) is 31.1 Å². The van der Waals surface area contributed by atoms with Crippen molar-refractivity contribution >= 4 is 17.5 Å². The summed E-state index contributed by atoms with van der Waals surface area (Å²) in [6.45, 7) is 7.23. The molecule has 0 radical (unpaired) electrons. The van der Waals surface area contributed by atoms with Crippen LogP contribution in [0.3, 0.4) is 0 Å². The summed E-state index contributed by atoms with van der Waals surface area (Å²) in [5.74, 6) is 2.70. The molecule has 3 heteroatoms. The zero-order valence-electron chi connectivity index (χ0n) is 11.9. The van der Waals surface area contributed by atoms with Gasteiger partial charge in [-0.3, -0.25) is 4.79 Å². The van der Waals surface area contributed by atoms with Crippen molar-refractivity contribution in [3.63, 3.8) is 0 Å². The van der Waals surface area contributed by atoms with E-state index in [0.29, 0.717) is 0 Å². The molecular formula is C16H23NOS. The van der Waals surface area contributed by atoms with Gasteiger partial charge in [0.15, 0.2) is 5.78 Å². The lowest BCUT2D eigenvalue weighted by Crippen LogP contribution is -2.40. The average Bonchev–Trinajstić information content (AvgIpc) is 2.67. The van der Waals surface area contributed by atoms with E-state index in [1.54, 1.807) is 0 Å². The van der Waals surface area contributed by atoms with Crippen LogP contribution in [0.4, 0.5) is 0 Å². The van der Waals surface area contributed by atoms with Crippen LogP contribution in [0.1, 0.15) is 30.6 Å². The van der Waals surface area contributed by atoms with Crippen molar-refractivity contribution in [1.82, 2.24) is 4.90 Å². The lowest BCUT2D eigenvalue weighted by molar-refractivity contribution is 0.0770. The number of hydrogen-bond acceptors (Lipinski definition) is 3. The van der Waals surface area contributed by atoms with Gasteiger partial charge in [0.2, 0.25) is 0 Å². The lowest BCUT2D eigenvalue weighted by Gasteiger charge is -2.30. The topological polar surface area (TPSA) is 20.3 Å². The maximum atomic E-state index is 12.6. The Hall–Kier alpha value is -0.800. The first kappa shape index (κ1) is 14.6. The van der Waals surface area contributed by atoms with Gasteiger partial charge in [-0.1, -0.05) is 44.2 Å². The second kappa shape index (κ2) is 6.58. The Morgan fingerprint density at radius 1 is 1.21 bits per heavy atom. The summed E-state index contributed by atoms with van der Waals surface area (Å²) >= 11 is 2.02. The molecule has 1 fully saturated rings. The van der Waals surface area contributed by atoms with E-state index in [1.807, 2.05) is 42.1 Å². The van der Waals surface area contributed by atoms with Crippen molar-refractivity contribution in [3.8, 4) is 0 Å². The van der Waals surface area contributed by atoms with E-state index in [2.05, 4.69) is 18.7 Å². The highest BCUT2D eigenvalue weighted by atomic mass is 32.2. The molecule has 104 valence electrons. The van der Waals surface area contributed by atoms with E-state index in [-0.39, 0.29) is 11.2 Å². The Kier molecular flexibility index (Phi) is 5.06. The van der Waals surface area contributed by atoms with Crippen molar-refractivity contribution < 1.29 is 4.79 Å². The molecule has 1 aromatic carbocycles. The molecule has 0 saturated carbocycles. The van der Waals surface area contributed by atoms with Crippen LogP contribution in [0.25, 0.3) is 0 Å². The monoisotopic (exact) mass is 277 g/mol. The van der Waals surface area contributed by atoms with E-state index in [1.165, 1.54) is 17.9 Å². The molecule has 1 saturated heterocycles. The van der Waals surface area contributed by atoms with Crippen LogP contribution >= 0.6 is 11.8 Å². The number of benzene rings is 1. The average molecular weight is 277 g/mol. The van der Waals surface area contributed by atoms with Crippen LogP contribution in [-0.2, 0) is 0 Å². The summed E-state index contributed by atoms with van der Waals surface area (Å²) in [6.07, 6.45) is 1.24. The summed E-state index contributed by atoms with van der Waals surface area (Å²) in [4.78, 5) is 15.0. The van der Waals surface area contributed by atoms with Gasteiger partial charge in [0.25, 0.3) is 0 Å². The van der Waals surface area contributed by atoms with Gasteiger partial charge in [0, 0.05) is 29.8 Å². The molecule has 0 aliphatic carbocycles. The summed E-state index contributed by atoms with van der Waals surface area (Å²) in [6, 6.07) is 9.66. The number of ketones is 1. The highest BCUT2D eigenvalue weighted by Gasteiger charge is 2.30. The number of hydrogen-bond donors (Lipinski definition) is 0. The summed E-state index contributed by atoms with van der Waals surface area (Å²) in [5.41, 5.74) is 0.521. The molecule has 0 unspecified atom stereocenters. The zero-order chi connectivity index (χ0) is 13.7. The Bertz CT molecular complexity index is 408. The SMILES string of the molecule is CC(C)(CN1CCCSCC1)C(=O)c1ccccc1. The third-order valence-corrected chi connectivity index (χ3v) is 4.63. The van der Waals surface area contributed by atoms with E-state index in [0.717, 1.165) is 25.2 Å². The highest BCUT2D eigenvalue weighted by Crippen LogP contribution is 2.24. The molecule has 1 aromatic rings. The molecule has 0 N–H and O–H groups in total. The second-order valence-corrected chi connectivity index (χ2v) is 7.05. The van der Waals surface area contributed by atoms with Gasteiger partial charge in [0.1, 0.15) is 0 Å². The molecular weight excluding hydrogens is 254 g/mol. The van der Waals surface area contributed by atoms with Gasteiger partial charge in [-0.2, -0.15) is 11.8 Å². The van der Waals surface area contributed by atoms with Crippen LogP contribution in [0.2, 0.25) is 0 Å². The van der Waals surface area contributed by atoms with Gasteiger partial charge in [-0.05, 0) is 18.7 Å². The van der Waals surface area contributed by atoms with E-state index < -0.39 is 0 Å². The number of nitrogens with zero attached hydrogens (tertiary/aromatic N) is 1. The summed E-state index contributed by atoms with van der Waals surface area (Å²) in [5, 5.41) is 0. The van der Waals surface area contributed by atoms with Crippen molar-refractivity contribution in [3.05, 3.63) is 35.9 Å². The Morgan fingerprint density at radius 2 is 1.95 bits per heavy atom. The minimum absolute atomic E-state index is 0.255. The molecule has 19 heavy (non-hydrogen) atoms. The molecule has 0 bridgehead atoms. The fraction of sp³-hybridized carbons (Fsp3) is 0.562. The van der Waals surface area contributed by atoms with Crippen LogP contribution in [-0.4, -0.2) is 41.8 Å². The Balaban J connectivity index is 2.02. The second-order valence-electron chi connectivity index (χ2n) is 5.82. The van der Waals surface area contributed by atoms with Gasteiger partial charge in [0.05, 0.1) is 0 Å². The van der Waals surface area contributed by atoms with E-state index in [9.17, 15) is 4.79 Å². The maximum Gasteiger partial charge on any atom is 0.169 e. The first-order valence-electron chi connectivity index (χ1n) is 6.99. The molecule has 1 heterocycles. The zero-order valence-corrected chi connectivity index (χ0v) is 12.7. The Labute approximate surface area is 120 Å². The fourth-order valence-corrected chi connectivity index (χ4v) is 3.49. The molecule has 2 rings (SSSR count). The molecule has 1 aliphatic rings. The first-order valence-corrected chi connectivity index (χ1v) is 8.15. The van der Waals surface area contributed by atoms with Crippen molar-refractivity contribution in [1.29, 1.82) is 0 Å². The molecule has 1 aliphatic heterocycles. The molecule has 0 amide bonds. The molecule has 0 aromatic heterocycles.